The van der Waals surface area contributed by atoms with E-state index in [1.54, 1.807) is 0 Å². The van der Waals surface area contributed by atoms with Crippen molar-refractivity contribution in [3.05, 3.63) is 0 Å². The highest BCUT2D eigenvalue weighted by molar-refractivity contribution is 7.87. The van der Waals surface area contributed by atoms with Gasteiger partial charge in [-0.15, -0.1) is 0 Å². The van der Waals surface area contributed by atoms with E-state index >= 15 is 0 Å². The van der Waals surface area contributed by atoms with Crippen LogP contribution >= 0.6 is 0 Å². The summed E-state index contributed by atoms with van der Waals surface area (Å²) < 4.78 is 274. The van der Waals surface area contributed by atoms with Crippen molar-refractivity contribution in [2.45, 2.75) is 213 Å². The second-order valence-electron chi connectivity index (χ2n) is 15.9. The first kappa shape index (κ1) is 75.2. The number of unbranched alkanes of at least 4 members (excludes halogenated alkanes) is 20. The van der Waals surface area contributed by atoms with Crippen molar-refractivity contribution in [2.24, 2.45) is 0 Å². The van der Waals surface area contributed by atoms with Crippen molar-refractivity contribution in [2.75, 3.05) is 26.4 Å². The quantitative estimate of drug-likeness (QED) is 0.0255. The second kappa shape index (κ2) is 36.6. The van der Waals surface area contributed by atoms with Gasteiger partial charge in [-0.3, -0.25) is 0 Å². The molecule has 0 saturated carbocycles. The molecule has 0 amide bonds. The maximum absolute atomic E-state index is 13.0. The molecule has 0 saturated heterocycles. The predicted octanol–water partition coefficient (Wildman–Crippen LogP) is 8.66. The number of hydrogen-bond acceptors (Lipinski definition) is 16. The summed E-state index contributed by atoms with van der Waals surface area (Å²) in [6, 6.07) is 0. The van der Waals surface area contributed by atoms with Crippen molar-refractivity contribution < 1.29 is 125 Å². The van der Waals surface area contributed by atoms with Crippen LogP contribution in [0.15, 0.2) is 0 Å². The molecule has 0 heterocycles. The van der Waals surface area contributed by atoms with Gasteiger partial charge in [0, 0.05) is 52.1 Å². The van der Waals surface area contributed by atoms with E-state index in [4.69, 9.17) is 20.4 Å². The number of aliphatic hydroxyl groups excluding tert-OH is 4. The molecule has 0 aromatic rings. The van der Waals surface area contributed by atoms with Crippen LogP contribution in [0.2, 0.25) is 0 Å². The molecular weight excluding hydrogens is 1070 g/mol. The van der Waals surface area contributed by atoms with E-state index in [2.05, 4.69) is 0 Å². The van der Waals surface area contributed by atoms with Gasteiger partial charge in [-0.1, -0.05) is 103 Å². The summed E-state index contributed by atoms with van der Waals surface area (Å²) in [6.07, 6.45) is 7.55. The average Bonchev–Trinajstić information content (AvgIpc) is 3.21. The summed E-state index contributed by atoms with van der Waals surface area (Å²) in [6.45, 7) is 0.272. The number of halogens is 12. The Hall–Kier alpha value is -1.36. The summed E-state index contributed by atoms with van der Waals surface area (Å²) in [5.41, 5.74) is 0. The number of aliphatic hydroxyl groups is 4. The molecule has 0 radical (unpaired) electrons. The first-order chi connectivity index (χ1) is 31.7. The standard InChI is InChI=1S/C10H18F4O4S.C10H20F2O4S.C9H16F4O4S.C9H18F2O4S/c11-9(12,10(13,14)19(16,17)18)7-5-3-1-2-4-6-8-15;11-10(12,17(14,15)16)8-6-4-2-1-3-5-7-9-13;10-8(11,9(12,13)18(15,16)17)6-4-2-1-3-5-7-14;10-9(11,16(13,14)15)7-5-3-1-2-4-6-8-12/h15H,1-8H2,(H,16,17,18);13H,1-9H2,(H,14,15,16);14H,1-7H2,(H,15,16,17);12H,1-8H2,(H,13,14,15)/p-4. The zero-order valence-corrected chi connectivity index (χ0v) is 41.7. The van der Waals surface area contributed by atoms with Gasteiger partial charge in [0.25, 0.3) is 0 Å². The molecule has 0 aromatic heterocycles. The van der Waals surface area contributed by atoms with Gasteiger partial charge in [0.1, 0.15) is 0 Å². The van der Waals surface area contributed by atoms with Crippen LogP contribution in [0.3, 0.4) is 0 Å². The molecule has 0 aliphatic heterocycles. The maximum atomic E-state index is 13.0. The highest BCUT2D eigenvalue weighted by atomic mass is 32.2. The molecule has 4 N–H and O–H groups in total. The van der Waals surface area contributed by atoms with Gasteiger partial charge in [-0.05, 0) is 51.4 Å². The fourth-order valence-corrected chi connectivity index (χ4v) is 7.26. The van der Waals surface area contributed by atoms with E-state index in [1.165, 1.54) is 0 Å². The topological polar surface area (TPSA) is 310 Å². The second-order valence-corrected chi connectivity index (χ2v) is 21.8. The Balaban J connectivity index is -0.000000416. The summed E-state index contributed by atoms with van der Waals surface area (Å²) in [7, 11) is -23.8. The van der Waals surface area contributed by atoms with E-state index in [1.807, 2.05) is 0 Å². The average molecular weight is 1140 g/mol. The van der Waals surface area contributed by atoms with Gasteiger partial charge in [0.05, 0.1) is 0 Å². The molecule has 0 aromatic carbocycles. The van der Waals surface area contributed by atoms with Crippen LogP contribution in [-0.4, -0.2) is 132 Å². The molecular formula is C38H68F12O16S4-4. The van der Waals surface area contributed by atoms with Crippen molar-refractivity contribution in [3.8, 4) is 0 Å². The van der Waals surface area contributed by atoms with Gasteiger partial charge in [-0.25, -0.2) is 33.7 Å². The lowest BCUT2D eigenvalue weighted by atomic mass is 10.1. The highest BCUT2D eigenvalue weighted by Crippen LogP contribution is 2.43. The first-order valence-electron chi connectivity index (χ1n) is 22.3. The van der Waals surface area contributed by atoms with Crippen LogP contribution in [-0.2, 0) is 40.5 Å². The van der Waals surface area contributed by atoms with E-state index in [0.29, 0.717) is 70.6 Å². The predicted molar refractivity (Wildman–Crippen MR) is 226 cm³/mol. The van der Waals surface area contributed by atoms with Crippen LogP contribution in [0.5, 0.6) is 0 Å². The lowest BCUT2D eigenvalue weighted by molar-refractivity contribution is -0.165. The third kappa shape index (κ3) is 33.5. The molecule has 0 bridgehead atoms. The van der Waals surface area contributed by atoms with E-state index in [-0.39, 0.29) is 65.0 Å². The maximum Gasteiger partial charge on any atom is 0.396 e. The van der Waals surface area contributed by atoms with Gasteiger partial charge >= 0.3 is 32.9 Å². The third-order valence-corrected chi connectivity index (χ3v) is 13.5. The zero-order chi connectivity index (χ0) is 55.6. The Morgan fingerprint density at radius 2 is 0.414 bits per heavy atom. The molecule has 0 fully saturated rings. The minimum atomic E-state index is -6.38. The minimum Gasteiger partial charge on any atom is -0.743 e. The summed E-state index contributed by atoms with van der Waals surface area (Å²) in [5, 5.41) is 14.4. The minimum absolute atomic E-state index is 0.0214. The zero-order valence-electron chi connectivity index (χ0n) is 38.5. The summed E-state index contributed by atoms with van der Waals surface area (Å²) in [5.74, 6) is -9.71. The Morgan fingerprint density at radius 3 is 0.571 bits per heavy atom. The summed E-state index contributed by atoms with van der Waals surface area (Å²) in [4.78, 5) is 0. The number of alkyl halides is 12. The first-order valence-corrected chi connectivity index (χ1v) is 27.9. The molecule has 0 rings (SSSR count). The van der Waals surface area contributed by atoms with Crippen LogP contribution in [0.4, 0.5) is 52.7 Å². The van der Waals surface area contributed by atoms with Crippen molar-refractivity contribution >= 4 is 40.5 Å². The Kier molecular flexibility index (Phi) is 39.3. The Bertz CT molecular complexity index is 1780. The van der Waals surface area contributed by atoms with Gasteiger partial charge in [0.2, 0.25) is 0 Å². The normalized spacial score (nSPS) is 13.4. The Morgan fingerprint density at radius 1 is 0.257 bits per heavy atom. The van der Waals surface area contributed by atoms with Gasteiger partial charge in [-0.2, -0.15) is 52.7 Å². The van der Waals surface area contributed by atoms with Crippen LogP contribution < -0.4 is 0 Å². The molecule has 0 unspecified atom stereocenters. The molecule has 32 heteroatoms. The molecule has 16 nitrogen and oxygen atoms in total. The number of hydrogen-bond donors (Lipinski definition) is 4. The fourth-order valence-electron chi connectivity index (χ4n) is 5.54. The Labute approximate surface area is 403 Å². The molecule has 0 aliphatic carbocycles. The van der Waals surface area contributed by atoms with Crippen molar-refractivity contribution in [1.29, 1.82) is 0 Å². The van der Waals surface area contributed by atoms with Crippen LogP contribution in [0.25, 0.3) is 0 Å². The fraction of sp³-hybridized carbons (Fsp3) is 1.00. The lowest BCUT2D eigenvalue weighted by Gasteiger charge is -2.28. The monoisotopic (exact) mass is 1140 g/mol. The summed E-state index contributed by atoms with van der Waals surface area (Å²) >= 11 is 0. The van der Waals surface area contributed by atoms with E-state index < -0.39 is 99.0 Å². The van der Waals surface area contributed by atoms with Crippen LogP contribution in [0, 0.1) is 0 Å². The van der Waals surface area contributed by atoms with Gasteiger partial charge < -0.3 is 38.6 Å². The lowest BCUT2D eigenvalue weighted by Crippen LogP contribution is -2.46. The molecule has 70 heavy (non-hydrogen) atoms. The van der Waals surface area contributed by atoms with E-state index in [0.717, 1.165) is 44.9 Å². The molecule has 0 atom stereocenters. The molecule has 0 aliphatic rings. The van der Waals surface area contributed by atoms with E-state index in [9.17, 15) is 105 Å². The molecule has 0 spiro atoms. The SMILES string of the molecule is O=S(=O)([O-])C(F)(F)C(F)(F)CCCCCCCCO.O=S(=O)([O-])C(F)(F)C(F)(F)CCCCCCCO.O=S(=O)([O-])C(F)(F)CCCCCCCCCO.O=S(=O)([O-])C(F)(F)CCCCCCCCO. The largest absolute Gasteiger partial charge is 0.743 e. The van der Waals surface area contributed by atoms with Gasteiger partial charge in [0.15, 0.2) is 40.5 Å². The van der Waals surface area contributed by atoms with Crippen LogP contribution in [0.1, 0.15) is 180 Å². The van der Waals surface area contributed by atoms with Crippen molar-refractivity contribution in [1.82, 2.24) is 0 Å². The number of rotatable bonds is 38. The highest BCUT2D eigenvalue weighted by Gasteiger charge is 2.61. The molecule has 428 valence electrons. The van der Waals surface area contributed by atoms with Crippen molar-refractivity contribution in [3.63, 3.8) is 0 Å². The third-order valence-electron chi connectivity index (χ3n) is 9.76. The smallest absolute Gasteiger partial charge is 0.396 e.